The molecule has 0 amide bonds. The quantitative estimate of drug-likeness (QED) is 0.0394. The Balaban J connectivity index is 1.54. The molecule has 59 heavy (non-hydrogen) atoms. The van der Waals surface area contributed by atoms with Gasteiger partial charge in [-0.2, -0.15) is 13.2 Å². The molecule has 324 valence electrons. The van der Waals surface area contributed by atoms with E-state index in [1.807, 2.05) is 72.5 Å². The molecular formula is C43H53ClF4NO8PS. The molecule has 0 fully saturated rings. The van der Waals surface area contributed by atoms with Crippen LogP contribution in [0.15, 0.2) is 95.9 Å². The summed E-state index contributed by atoms with van der Waals surface area (Å²) in [6.45, 7) is 11.1. The first-order valence-corrected chi connectivity index (χ1v) is 22.7. The maximum Gasteiger partial charge on any atom is 0.477 e. The van der Waals surface area contributed by atoms with Crippen molar-refractivity contribution in [2.45, 2.75) is 102 Å². The van der Waals surface area contributed by atoms with Gasteiger partial charge in [0.2, 0.25) is 0 Å². The molecule has 0 aliphatic heterocycles. The molecule has 9 nitrogen and oxygen atoms in total. The standard InChI is InChI=1S/C43H53ClF4NO8PS/c1-30(49(26-33-20-15-21-37(40(33)44)43(46,47)48)27-35(31-16-11-9-12-17-31)32-18-13-10-14-19-32)22-23-54-34-24-38(45)36(39(25-34)59(8,51)52)28-53-29-55-58(50,56-41(2,3)4)57-42(5,6)7/h9-21,24-25,30,35H,22-23,26-29H2,1-8H3/t30-/m1/s1. The summed E-state index contributed by atoms with van der Waals surface area (Å²) in [5.74, 6) is -1.15. The van der Waals surface area contributed by atoms with E-state index in [4.69, 9.17) is 34.6 Å². The number of rotatable bonds is 19. The number of benzene rings is 4. The Morgan fingerprint density at radius 3 is 1.90 bits per heavy atom. The normalized spacial score (nSPS) is 13.6. The maximum atomic E-state index is 15.7. The SMILES string of the molecule is C[C@H](CCOc1cc(F)c(COCOP(=O)(OC(C)(C)C)OC(C)(C)C)c(S(C)(=O)=O)c1)N(Cc1cccc(C(F)(F)F)c1Cl)CC(c1ccccc1)c1ccccc1. The van der Waals surface area contributed by atoms with Crippen molar-refractivity contribution >= 4 is 29.3 Å². The molecule has 0 aliphatic carbocycles. The first-order chi connectivity index (χ1) is 27.4. The summed E-state index contributed by atoms with van der Waals surface area (Å²) in [6, 6.07) is 25.3. The number of hydrogen-bond acceptors (Lipinski definition) is 9. The minimum absolute atomic E-state index is 0.00149. The van der Waals surface area contributed by atoms with E-state index in [1.165, 1.54) is 12.1 Å². The monoisotopic (exact) mass is 885 g/mol. The summed E-state index contributed by atoms with van der Waals surface area (Å²) in [6.07, 6.45) is -3.41. The third-order valence-electron chi connectivity index (χ3n) is 8.85. The van der Waals surface area contributed by atoms with Gasteiger partial charge in [0.1, 0.15) is 11.6 Å². The zero-order chi connectivity index (χ0) is 43.8. The lowest BCUT2D eigenvalue weighted by Gasteiger charge is -2.34. The molecule has 0 saturated carbocycles. The molecular weight excluding hydrogens is 833 g/mol. The number of sulfone groups is 1. The highest BCUT2D eigenvalue weighted by Gasteiger charge is 2.38. The molecule has 0 saturated heterocycles. The molecule has 0 bridgehead atoms. The van der Waals surface area contributed by atoms with Gasteiger partial charge in [0.15, 0.2) is 16.6 Å². The van der Waals surface area contributed by atoms with Gasteiger partial charge in [-0.25, -0.2) is 17.4 Å². The van der Waals surface area contributed by atoms with Crippen molar-refractivity contribution in [3.63, 3.8) is 0 Å². The van der Waals surface area contributed by atoms with Crippen molar-refractivity contribution < 1.29 is 53.6 Å². The molecule has 0 N–H and O–H groups in total. The molecule has 1 atom stereocenters. The number of phosphoric ester groups is 1. The van der Waals surface area contributed by atoms with E-state index in [9.17, 15) is 26.2 Å². The van der Waals surface area contributed by atoms with Gasteiger partial charge in [-0.1, -0.05) is 84.4 Å². The highest BCUT2D eigenvalue weighted by Crippen LogP contribution is 2.55. The van der Waals surface area contributed by atoms with Crippen LogP contribution in [-0.4, -0.2) is 56.8 Å². The van der Waals surface area contributed by atoms with Crippen molar-refractivity contribution in [3.05, 3.63) is 130 Å². The van der Waals surface area contributed by atoms with Crippen molar-refractivity contribution in [2.24, 2.45) is 0 Å². The maximum absolute atomic E-state index is 15.7. The Labute approximate surface area is 350 Å². The second kappa shape index (κ2) is 20.0. The predicted molar refractivity (Wildman–Crippen MR) is 221 cm³/mol. The molecule has 4 aromatic carbocycles. The second-order valence-electron chi connectivity index (χ2n) is 16.2. The van der Waals surface area contributed by atoms with E-state index in [1.54, 1.807) is 47.6 Å². The lowest BCUT2D eigenvalue weighted by Crippen LogP contribution is -2.37. The Morgan fingerprint density at radius 2 is 1.39 bits per heavy atom. The smallest absolute Gasteiger partial charge is 0.477 e. The van der Waals surface area contributed by atoms with E-state index in [0.29, 0.717) is 18.5 Å². The van der Waals surface area contributed by atoms with Crippen LogP contribution in [0.5, 0.6) is 5.75 Å². The molecule has 16 heteroatoms. The Hall–Kier alpha value is -3.33. The highest BCUT2D eigenvalue weighted by molar-refractivity contribution is 7.90. The Kier molecular flexibility index (Phi) is 16.4. The van der Waals surface area contributed by atoms with Crippen molar-refractivity contribution in [3.8, 4) is 5.75 Å². The zero-order valence-electron chi connectivity index (χ0n) is 34.5. The van der Waals surface area contributed by atoms with Crippen LogP contribution < -0.4 is 4.74 Å². The number of alkyl halides is 3. The average molecular weight is 886 g/mol. The second-order valence-corrected chi connectivity index (χ2v) is 20.0. The first-order valence-electron chi connectivity index (χ1n) is 18.9. The first kappa shape index (κ1) is 48.3. The number of halogens is 5. The zero-order valence-corrected chi connectivity index (χ0v) is 37.0. The van der Waals surface area contributed by atoms with E-state index >= 15 is 4.39 Å². The molecule has 4 aromatic rings. The van der Waals surface area contributed by atoms with Crippen LogP contribution in [0, 0.1) is 5.82 Å². The number of nitrogens with zero attached hydrogens (tertiary/aromatic N) is 1. The lowest BCUT2D eigenvalue weighted by molar-refractivity contribution is -0.137. The van der Waals surface area contributed by atoms with E-state index < -0.39 is 59.8 Å². The van der Waals surface area contributed by atoms with Gasteiger partial charge in [0.05, 0.1) is 39.9 Å². The summed E-state index contributed by atoms with van der Waals surface area (Å²) in [5, 5.41) is -0.380. The molecule has 0 radical (unpaired) electrons. The van der Waals surface area contributed by atoms with Crippen molar-refractivity contribution in [1.82, 2.24) is 4.90 Å². The van der Waals surface area contributed by atoms with Gasteiger partial charge in [0.25, 0.3) is 0 Å². The molecule has 4 rings (SSSR count). The molecule has 0 aliphatic rings. The molecule has 0 unspecified atom stereocenters. The summed E-state index contributed by atoms with van der Waals surface area (Å²) < 4.78 is 124. The largest absolute Gasteiger partial charge is 0.493 e. The topological polar surface area (TPSA) is 101 Å². The third-order valence-corrected chi connectivity index (χ3v) is 12.4. The van der Waals surface area contributed by atoms with Crippen molar-refractivity contribution in [1.29, 1.82) is 0 Å². The van der Waals surface area contributed by atoms with Gasteiger partial charge < -0.3 is 9.47 Å². The summed E-state index contributed by atoms with van der Waals surface area (Å²) >= 11 is 6.39. The van der Waals surface area contributed by atoms with Crippen molar-refractivity contribution in [2.75, 3.05) is 26.2 Å². The fraction of sp³-hybridized carbons (Fsp3) is 0.442. The van der Waals surface area contributed by atoms with Crippen LogP contribution >= 0.6 is 19.4 Å². The molecule has 0 spiro atoms. The van der Waals surface area contributed by atoms with Gasteiger partial charge in [0, 0.05) is 42.9 Å². The average Bonchev–Trinajstić information content (AvgIpc) is 3.11. The number of phosphoric acid groups is 1. The predicted octanol–water partition coefficient (Wildman–Crippen LogP) is 11.6. The highest BCUT2D eigenvalue weighted by atomic mass is 35.5. The number of ether oxygens (including phenoxy) is 2. The fourth-order valence-corrected chi connectivity index (χ4v) is 9.12. The summed E-state index contributed by atoms with van der Waals surface area (Å²) in [7, 11) is -8.17. The number of hydrogen-bond donors (Lipinski definition) is 0. The Morgan fingerprint density at radius 1 is 0.831 bits per heavy atom. The van der Waals surface area contributed by atoms with E-state index in [0.717, 1.165) is 29.5 Å². The third kappa shape index (κ3) is 15.0. The Bertz CT molecular complexity index is 2090. The summed E-state index contributed by atoms with van der Waals surface area (Å²) in [5.41, 5.74) is -0.735. The molecule has 0 aromatic heterocycles. The lowest BCUT2D eigenvalue weighted by atomic mass is 9.90. The van der Waals surface area contributed by atoms with Gasteiger partial charge >= 0.3 is 14.0 Å². The van der Waals surface area contributed by atoms with E-state index in [2.05, 4.69) is 0 Å². The van der Waals surface area contributed by atoms with Crippen LogP contribution in [0.2, 0.25) is 5.02 Å². The molecule has 0 heterocycles. The van der Waals surface area contributed by atoms with Gasteiger partial charge in [-0.15, -0.1) is 0 Å². The van der Waals surface area contributed by atoms with Gasteiger partial charge in [-0.05, 0) is 83.7 Å². The fourth-order valence-electron chi connectivity index (χ4n) is 6.21. The minimum atomic E-state index is -4.64. The van der Waals surface area contributed by atoms with Crippen LogP contribution in [-0.2, 0) is 52.0 Å². The van der Waals surface area contributed by atoms with Crippen LogP contribution in [0.3, 0.4) is 0 Å². The van der Waals surface area contributed by atoms with E-state index in [-0.39, 0.29) is 46.3 Å². The summed E-state index contributed by atoms with van der Waals surface area (Å²) in [4.78, 5) is 1.65. The van der Waals surface area contributed by atoms with Crippen LogP contribution in [0.4, 0.5) is 17.6 Å². The minimum Gasteiger partial charge on any atom is -0.493 e. The van der Waals surface area contributed by atoms with Gasteiger partial charge in [-0.3, -0.25) is 18.5 Å². The van der Waals surface area contributed by atoms with Crippen LogP contribution in [0.25, 0.3) is 0 Å². The van der Waals surface area contributed by atoms with Crippen LogP contribution in [0.1, 0.15) is 88.6 Å².